The maximum atomic E-state index is 13.4. The van der Waals surface area contributed by atoms with E-state index < -0.39 is 0 Å². The van der Waals surface area contributed by atoms with Gasteiger partial charge in [0.05, 0.1) is 36.7 Å². The largest absolute Gasteiger partial charge is 0.497 e. The third kappa shape index (κ3) is 4.07. The summed E-state index contributed by atoms with van der Waals surface area (Å²) >= 11 is 0. The number of aromatic nitrogens is 2. The van der Waals surface area contributed by atoms with Crippen molar-refractivity contribution in [1.29, 1.82) is 0 Å². The lowest BCUT2D eigenvalue weighted by Crippen LogP contribution is -2.20. The van der Waals surface area contributed by atoms with E-state index in [0.717, 1.165) is 30.8 Å². The highest BCUT2D eigenvalue weighted by molar-refractivity contribution is 6.03. The van der Waals surface area contributed by atoms with Crippen molar-refractivity contribution < 1.29 is 13.9 Å². The number of nitrogens with zero attached hydrogens (tertiary/aromatic N) is 2. The molecule has 1 aliphatic rings. The maximum Gasteiger partial charge on any atom is 0.280 e. The number of rotatable bonds is 6. The summed E-state index contributed by atoms with van der Waals surface area (Å²) in [5.41, 5.74) is 2.92. The molecule has 30 heavy (non-hydrogen) atoms. The minimum Gasteiger partial charge on any atom is -0.497 e. The van der Waals surface area contributed by atoms with Gasteiger partial charge >= 0.3 is 0 Å². The Labute approximate surface area is 174 Å². The Bertz CT molecular complexity index is 1090. The number of benzene rings is 2. The number of halogens is 1. The zero-order valence-corrected chi connectivity index (χ0v) is 17.0. The molecule has 0 spiro atoms. The molecule has 7 heteroatoms. The highest BCUT2D eigenvalue weighted by Gasteiger charge is 2.21. The normalized spacial score (nSPS) is 16.8. The van der Waals surface area contributed by atoms with Crippen LogP contribution in [0.1, 0.15) is 25.3 Å². The molecule has 2 aromatic carbocycles. The molecule has 0 saturated carbocycles. The van der Waals surface area contributed by atoms with Crippen molar-refractivity contribution in [3.05, 3.63) is 70.3 Å². The minimum atomic E-state index is -0.358. The van der Waals surface area contributed by atoms with E-state index in [1.165, 1.54) is 16.8 Å². The Kier molecular flexibility index (Phi) is 5.81. The molecule has 2 heterocycles. The number of hydrogen-bond acceptors (Lipinski definition) is 4. The van der Waals surface area contributed by atoms with E-state index in [1.54, 1.807) is 19.2 Å². The molecule has 6 nitrogen and oxygen atoms in total. The van der Waals surface area contributed by atoms with E-state index in [9.17, 15) is 9.18 Å². The van der Waals surface area contributed by atoms with Crippen LogP contribution in [0.3, 0.4) is 0 Å². The maximum absolute atomic E-state index is 13.4. The van der Waals surface area contributed by atoms with Gasteiger partial charge in [0.2, 0.25) is 0 Å². The van der Waals surface area contributed by atoms with Gasteiger partial charge in [-0.15, -0.1) is 0 Å². The average Bonchev–Trinajstić information content (AvgIpc) is 3.41. The summed E-state index contributed by atoms with van der Waals surface area (Å²) < 4.78 is 25.7. The van der Waals surface area contributed by atoms with Crippen molar-refractivity contribution in [2.45, 2.75) is 25.9 Å². The van der Waals surface area contributed by atoms with E-state index in [4.69, 9.17) is 9.47 Å². The molecule has 0 aliphatic carbocycles. The SMILES string of the molecule is COc1ccc(-c2[nH]n(-c3ccc(F)cc3)c(=O)c2C(C)=NC[C@H]2CCCO2)cc1. The zero-order valence-electron chi connectivity index (χ0n) is 17.0. The number of ether oxygens (including phenoxy) is 2. The summed E-state index contributed by atoms with van der Waals surface area (Å²) in [6, 6.07) is 13.2. The summed E-state index contributed by atoms with van der Waals surface area (Å²) in [6.45, 7) is 3.12. The molecule has 0 amide bonds. The Morgan fingerprint density at radius 3 is 2.60 bits per heavy atom. The molecule has 0 bridgehead atoms. The van der Waals surface area contributed by atoms with E-state index in [1.807, 2.05) is 31.2 Å². The first-order chi connectivity index (χ1) is 14.6. The van der Waals surface area contributed by atoms with Crippen LogP contribution in [-0.2, 0) is 4.74 Å². The number of aromatic amines is 1. The van der Waals surface area contributed by atoms with Crippen molar-refractivity contribution >= 4 is 5.71 Å². The summed E-state index contributed by atoms with van der Waals surface area (Å²) in [6.07, 6.45) is 2.12. The topological polar surface area (TPSA) is 68.6 Å². The molecule has 1 atom stereocenters. The molecule has 3 aromatic rings. The first-order valence-electron chi connectivity index (χ1n) is 9.95. The second-order valence-corrected chi connectivity index (χ2v) is 7.27. The summed E-state index contributed by atoms with van der Waals surface area (Å²) in [4.78, 5) is 18.0. The van der Waals surface area contributed by atoms with Gasteiger partial charge in [-0.1, -0.05) is 0 Å². The second kappa shape index (κ2) is 8.67. The number of hydrogen-bond donors (Lipinski definition) is 1. The Morgan fingerprint density at radius 1 is 1.23 bits per heavy atom. The average molecular weight is 409 g/mol. The molecule has 1 aromatic heterocycles. The molecule has 1 aliphatic heterocycles. The van der Waals surface area contributed by atoms with Crippen LogP contribution in [0.2, 0.25) is 0 Å². The summed E-state index contributed by atoms with van der Waals surface area (Å²) in [7, 11) is 1.61. The van der Waals surface area contributed by atoms with Crippen LogP contribution in [0.15, 0.2) is 58.3 Å². The highest BCUT2D eigenvalue weighted by Crippen LogP contribution is 2.24. The molecular formula is C23H24FN3O3. The van der Waals surface area contributed by atoms with Gasteiger partial charge in [0, 0.05) is 17.9 Å². The molecule has 4 rings (SSSR count). The van der Waals surface area contributed by atoms with Gasteiger partial charge in [0.15, 0.2) is 0 Å². The standard InChI is InChI=1S/C23H24FN3O3/c1-15(25-14-20-4-3-13-30-20)21-22(16-5-11-19(29-2)12-6-16)26-27(23(21)28)18-9-7-17(24)8-10-18/h5-12,20,26H,3-4,13-14H2,1-2H3/t20-/m1/s1. The van der Waals surface area contributed by atoms with Crippen molar-refractivity contribution in [3.8, 4) is 22.7 Å². The van der Waals surface area contributed by atoms with Crippen LogP contribution >= 0.6 is 0 Å². The van der Waals surface area contributed by atoms with Gasteiger partial charge in [0.1, 0.15) is 11.6 Å². The summed E-state index contributed by atoms with van der Waals surface area (Å²) in [5, 5.41) is 3.18. The lowest BCUT2D eigenvalue weighted by Gasteiger charge is -2.07. The van der Waals surface area contributed by atoms with Crippen LogP contribution in [0.25, 0.3) is 16.9 Å². The predicted octanol–water partition coefficient (Wildman–Crippen LogP) is 3.97. The van der Waals surface area contributed by atoms with Crippen LogP contribution in [0.4, 0.5) is 4.39 Å². The minimum absolute atomic E-state index is 0.0997. The first kappa shape index (κ1) is 20.1. The molecule has 1 saturated heterocycles. The van der Waals surface area contributed by atoms with Gasteiger partial charge in [-0.25, -0.2) is 9.07 Å². The fourth-order valence-electron chi connectivity index (χ4n) is 3.62. The Balaban J connectivity index is 1.79. The second-order valence-electron chi connectivity index (χ2n) is 7.27. The first-order valence-corrected chi connectivity index (χ1v) is 9.95. The predicted molar refractivity (Wildman–Crippen MR) is 114 cm³/mol. The third-order valence-electron chi connectivity index (χ3n) is 5.27. The monoisotopic (exact) mass is 409 g/mol. The van der Waals surface area contributed by atoms with E-state index in [-0.39, 0.29) is 17.5 Å². The summed E-state index contributed by atoms with van der Waals surface area (Å²) in [5.74, 6) is 0.368. The number of H-pyrrole nitrogens is 1. The lowest BCUT2D eigenvalue weighted by molar-refractivity contribution is 0.118. The van der Waals surface area contributed by atoms with Crippen molar-refractivity contribution in [2.75, 3.05) is 20.3 Å². The van der Waals surface area contributed by atoms with Crippen LogP contribution < -0.4 is 10.3 Å². The fourth-order valence-corrected chi connectivity index (χ4v) is 3.62. The molecule has 0 unspecified atom stereocenters. The van der Waals surface area contributed by atoms with Crippen LogP contribution in [-0.4, -0.2) is 41.9 Å². The van der Waals surface area contributed by atoms with E-state index in [0.29, 0.717) is 29.2 Å². The Hall–Kier alpha value is -3.19. The number of methoxy groups -OCH3 is 1. The fraction of sp³-hybridized carbons (Fsp3) is 0.304. The smallest absolute Gasteiger partial charge is 0.280 e. The zero-order chi connectivity index (χ0) is 21.1. The molecule has 0 radical (unpaired) electrons. The van der Waals surface area contributed by atoms with Gasteiger partial charge < -0.3 is 9.47 Å². The highest BCUT2D eigenvalue weighted by atomic mass is 19.1. The van der Waals surface area contributed by atoms with Crippen molar-refractivity contribution in [3.63, 3.8) is 0 Å². The quantitative estimate of drug-likeness (QED) is 0.627. The lowest BCUT2D eigenvalue weighted by atomic mass is 10.0. The van der Waals surface area contributed by atoms with Crippen molar-refractivity contribution in [2.24, 2.45) is 4.99 Å². The number of aliphatic imine (C=N–C) groups is 1. The molecule has 1 N–H and O–H groups in total. The van der Waals surface area contributed by atoms with Crippen molar-refractivity contribution in [1.82, 2.24) is 9.78 Å². The van der Waals surface area contributed by atoms with E-state index in [2.05, 4.69) is 10.1 Å². The number of nitrogens with one attached hydrogen (secondary N) is 1. The van der Waals surface area contributed by atoms with Gasteiger partial charge in [-0.05, 0) is 68.3 Å². The van der Waals surface area contributed by atoms with Gasteiger partial charge in [-0.2, -0.15) is 0 Å². The Morgan fingerprint density at radius 2 is 1.97 bits per heavy atom. The molecule has 156 valence electrons. The third-order valence-corrected chi connectivity index (χ3v) is 5.27. The molecular weight excluding hydrogens is 385 g/mol. The van der Waals surface area contributed by atoms with Crippen LogP contribution in [0, 0.1) is 5.82 Å². The van der Waals surface area contributed by atoms with Gasteiger partial charge in [-0.3, -0.25) is 14.9 Å². The van der Waals surface area contributed by atoms with Crippen LogP contribution in [0.5, 0.6) is 5.75 Å². The molecule has 1 fully saturated rings. The van der Waals surface area contributed by atoms with E-state index >= 15 is 0 Å². The van der Waals surface area contributed by atoms with Gasteiger partial charge in [0.25, 0.3) is 5.56 Å².